The first-order valence-corrected chi connectivity index (χ1v) is 14.7. The molecule has 0 heterocycles. The van der Waals surface area contributed by atoms with Crippen molar-refractivity contribution in [2.24, 2.45) is 0 Å². The molecule has 43 heavy (non-hydrogen) atoms. The highest BCUT2D eigenvalue weighted by molar-refractivity contribution is 5.89. The first-order valence-electron chi connectivity index (χ1n) is 14.7. The van der Waals surface area contributed by atoms with Crippen molar-refractivity contribution in [3.05, 3.63) is 0 Å². The van der Waals surface area contributed by atoms with Crippen molar-refractivity contribution in [3.63, 3.8) is 0 Å². The number of esters is 1. The monoisotopic (exact) mass is 585 g/mol. The molecule has 0 saturated carbocycles. The SMILES string of the molecule is CC#CC#CC#CC#CC#CC#CC#CC(=O)O[C@H](CO)COCOCCCCCCCCCCCCCCNC(C)=O. The number of carbonyl (C=O) groups excluding carboxylic acids is 2. The van der Waals surface area contributed by atoms with Crippen molar-refractivity contribution in [3.8, 4) is 82.9 Å². The Kier molecular flexibility index (Phi) is 29.1. The lowest BCUT2D eigenvalue weighted by Gasteiger charge is -2.14. The molecule has 0 saturated heterocycles. The molecule has 7 heteroatoms. The maximum Gasteiger partial charge on any atom is 0.385 e. The van der Waals surface area contributed by atoms with Gasteiger partial charge in [0.1, 0.15) is 12.9 Å². The van der Waals surface area contributed by atoms with Crippen LogP contribution in [0.4, 0.5) is 0 Å². The Labute approximate surface area is 259 Å². The molecule has 1 atom stereocenters. The van der Waals surface area contributed by atoms with E-state index in [0.29, 0.717) is 6.61 Å². The molecule has 1 amide bonds. The van der Waals surface area contributed by atoms with Gasteiger partial charge in [-0.1, -0.05) is 70.1 Å². The van der Waals surface area contributed by atoms with E-state index in [2.05, 4.69) is 88.2 Å². The number of aliphatic hydroxyl groups excluding tert-OH is 1. The fourth-order valence-corrected chi connectivity index (χ4v) is 3.42. The molecule has 0 aromatic heterocycles. The Morgan fingerprint density at radius 3 is 1.60 bits per heavy atom. The summed E-state index contributed by atoms with van der Waals surface area (Å²) in [5.74, 6) is 33.7. The number of hydrogen-bond donors (Lipinski definition) is 2. The summed E-state index contributed by atoms with van der Waals surface area (Å²) < 4.78 is 15.8. The van der Waals surface area contributed by atoms with Crippen molar-refractivity contribution in [2.75, 3.05) is 33.2 Å². The third-order valence-electron chi connectivity index (χ3n) is 5.51. The highest BCUT2D eigenvalue weighted by atomic mass is 16.7. The van der Waals surface area contributed by atoms with Crippen LogP contribution in [-0.4, -0.2) is 56.2 Å². The van der Waals surface area contributed by atoms with Gasteiger partial charge in [-0.25, -0.2) is 4.79 Å². The van der Waals surface area contributed by atoms with Crippen LogP contribution in [0.25, 0.3) is 0 Å². The molecule has 7 nitrogen and oxygen atoms in total. The van der Waals surface area contributed by atoms with Crippen molar-refractivity contribution < 1.29 is 28.9 Å². The zero-order chi connectivity index (χ0) is 31.5. The van der Waals surface area contributed by atoms with Crippen LogP contribution in [0.2, 0.25) is 0 Å². The quantitative estimate of drug-likeness (QED) is 0.0701. The van der Waals surface area contributed by atoms with E-state index in [-0.39, 0.29) is 19.3 Å². The van der Waals surface area contributed by atoms with Gasteiger partial charge in [-0.2, -0.15) is 0 Å². The predicted molar refractivity (Wildman–Crippen MR) is 168 cm³/mol. The maximum absolute atomic E-state index is 11.8. The molecule has 0 spiro atoms. The third-order valence-corrected chi connectivity index (χ3v) is 5.51. The Hall–Kier alpha value is -4.26. The third kappa shape index (κ3) is 32.1. The molecule has 0 aliphatic carbocycles. The van der Waals surface area contributed by atoms with Crippen LogP contribution in [0.1, 0.15) is 90.9 Å². The topological polar surface area (TPSA) is 94.1 Å². The molecule has 0 bridgehead atoms. The zero-order valence-electron chi connectivity index (χ0n) is 25.6. The van der Waals surface area contributed by atoms with Crippen LogP contribution in [0.15, 0.2) is 0 Å². The van der Waals surface area contributed by atoms with Crippen molar-refractivity contribution in [2.45, 2.75) is 97.0 Å². The van der Waals surface area contributed by atoms with Gasteiger partial charge >= 0.3 is 5.97 Å². The summed E-state index contributed by atoms with van der Waals surface area (Å²) in [6, 6.07) is 0. The minimum atomic E-state index is -0.844. The highest BCUT2D eigenvalue weighted by Crippen LogP contribution is 2.12. The minimum absolute atomic E-state index is 0.00268. The lowest BCUT2D eigenvalue weighted by molar-refractivity contribution is -0.152. The number of carbonyl (C=O) groups is 2. The summed E-state index contributed by atoms with van der Waals surface area (Å²) in [7, 11) is 0. The van der Waals surface area contributed by atoms with E-state index >= 15 is 0 Å². The molecule has 0 rings (SSSR count). The van der Waals surface area contributed by atoms with Crippen molar-refractivity contribution in [1.82, 2.24) is 5.32 Å². The molecule has 228 valence electrons. The number of unbranched alkanes of at least 4 members (excludes halogenated alkanes) is 11. The van der Waals surface area contributed by atoms with Gasteiger partial charge in [0.05, 0.1) is 13.2 Å². The van der Waals surface area contributed by atoms with E-state index in [9.17, 15) is 14.7 Å². The Morgan fingerprint density at radius 2 is 1.12 bits per heavy atom. The molecule has 0 unspecified atom stereocenters. The predicted octanol–water partition coefficient (Wildman–Crippen LogP) is 3.74. The standard InChI is InChI=1S/C36H43NO6/c1-3-4-5-6-7-8-9-10-13-16-19-22-25-28-36(40)43-35(31-38)32-42-33-41-30-27-24-21-18-15-12-11-14-17-20-23-26-29-37-34(2)39/h35,38H,11-12,14-15,17-18,20-21,23-24,26-27,29-33H2,1-2H3,(H,37,39)/t35-/m1/s1. The molecule has 0 radical (unpaired) electrons. The van der Waals surface area contributed by atoms with Gasteiger partial charge in [0, 0.05) is 26.0 Å². The lowest BCUT2D eigenvalue weighted by Crippen LogP contribution is -2.27. The van der Waals surface area contributed by atoms with E-state index in [1.165, 1.54) is 57.8 Å². The summed E-state index contributed by atoms with van der Waals surface area (Å²) in [6.45, 7) is 4.29. The van der Waals surface area contributed by atoms with Gasteiger partial charge in [0.15, 0.2) is 0 Å². The number of rotatable bonds is 21. The Bertz CT molecular complexity index is 1240. The average molecular weight is 586 g/mol. The summed E-state index contributed by atoms with van der Waals surface area (Å²) in [5.41, 5.74) is 0. The van der Waals surface area contributed by atoms with Gasteiger partial charge < -0.3 is 24.6 Å². The number of ether oxygens (including phenoxy) is 3. The van der Waals surface area contributed by atoms with Crippen molar-refractivity contribution in [1.29, 1.82) is 0 Å². The number of amides is 1. The molecular weight excluding hydrogens is 542 g/mol. The normalized spacial score (nSPS) is 9.37. The Morgan fingerprint density at radius 1 is 0.651 bits per heavy atom. The maximum atomic E-state index is 11.8. The van der Waals surface area contributed by atoms with E-state index in [1.54, 1.807) is 13.8 Å². The fourth-order valence-electron chi connectivity index (χ4n) is 3.42. The lowest BCUT2D eigenvalue weighted by atomic mass is 10.1. The fraction of sp³-hybridized carbons (Fsp3) is 0.556. The zero-order valence-corrected chi connectivity index (χ0v) is 25.6. The minimum Gasteiger partial charge on any atom is -0.448 e. The summed E-state index contributed by atoms with van der Waals surface area (Å²) in [6.07, 6.45) is 13.6. The largest absolute Gasteiger partial charge is 0.448 e. The van der Waals surface area contributed by atoms with Gasteiger partial charge in [-0.3, -0.25) is 4.79 Å². The second-order valence-corrected chi connectivity index (χ2v) is 9.21. The molecule has 0 aromatic rings. The van der Waals surface area contributed by atoms with Crippen LogP contribution in [-0.2, 0) is 23.8 Å². The van der Waals surface area contributed by atoms with Gasteiger partial charge in [0.2, 0.25) is 5.91 Å². The van der Waals surface area contributed by atoms with Gasteiger partial charge in [0.25, 0.3) is 0 Å². The number of aliphatic hydroxyl groups is 1. The van der Waals surface area contributed by atoms with Crippen LogP contribution in [0, 0.1) is 82.9 Å². The summed E-state index contributed by atoms with van der Waals surface area (Å²) >= 11 is 0. The first-order chi connectivity index (χ1) is 21.1. The van der Waals surface area contributed by atoms with Crippen LogP contribution in [0.5, 0.6) is 0 Å². The number of nitrogens with one attached hydrogen (secondary N) is 1. The van der Waals surface area contributed by atoms with E-state index in [0.717, 1.165) is 25.8 Å². The highest BCUT2D eigenvalue weighted by Gasteiger charge is 2.12. The smallest absolute Gasteiger partial charge is 0.385 e. The second-order valence-electron chi connectivity index (χ2n) is 9.21. The molecule has 0 aliphatic rings. The van der Waals surface area contributed by atoms with E-state index < -0.39 is 18.7 Å². The number of hydrogen-bond acceptors (Lipinski definition) is 6. The molecule has 0 aromatic carbocycles. The molecule has 2 N–H and O–H groups in total. The molecule has 0 fully saturated rings. The summed E-state index contributed by atoms with van der Waals surface area (Å²) in [5, 5.41) is 12.2. The van der Waals surface area contributed by atoms with E-state index in [1.807, 2.05) is 0 Å². The van der Waals surface area contributed by atoms with Gasteiger partial charge in [-0.05, 0) is 90.8 Å². The molecular formula is C36H43NO6. The average Bonchev–Trinajstić information content (AvgIpc) is 2.99. The molecule has 0 aliphatic heterocycles. The van der Waals surface area contributed by atoms with Crippen molar-refractivity contribution >= 4 is 11.9 Å². The van der Waals surface area contributed by atoms with Gasteiger partial charge in [-0.15, -0.1) is 0 Å². The van der Waals surface area contributed by atoms with Crippen LogP contribution in [0.3, 0.4) is 0 Å². The Balaban J connectivity index is 3.74. The first kappa shape index (κ1) is 38.7. The van der Waals surface area contributed by atoms with E-state index in [4.69, 9.17) is 14.2 Å². The van der Waals surface area contributed by atoms with Crippen LogP contribution < -0.4 is 5.32 Å². The second kappa shape index (κ2) is 32.3. The summed E-state index contributed by atoms with van der Waals surface area (Å²) in [4.78, 5) is 22.6. The van der Waals surface area contributed by atoms with Crippen LogP contribution >= 0.6 is 0 Å².